The lowest BCUT2D eigenvalue weighted by Gasteiger charge is -2.33. The fourth-order valence-electron chi connectivity index (χ4n) is 4.63. The molecule has 1 aliphatic heterocycles. The molecule has 8 unspecified atom stereocenters. The van der Waals surface area contributed by atoms with E-state index in [0.717, 1.165) is 38.5 Å². The quantitative estimate of drug-likeness (QED) is 0.279. The maximum atomic E-state index is 13.2. The van der Waals surface area contributed by atoms with Gasteiger partial charge in [0.2, 0.25) is 5.91 Å². The Hall–Kier alpha value is -0.770. The molecule has 4 N–H and O–H groups in total. The molecule has 2 aliphatic carbocycles. The van der Waals surface area contributed by atoms with Crippen molar-refractivity contribution in [3.63, 3.8) is 0 Å². The highest BCUT2D eigenvalue weighted by Gasteiger charge is 2.49. The van der Waals surface area contributed by atoms with E-state index in [1.165, 1.54) is 6.92 Å². The highest BCUT2D eigenvalue weighted by molar-refractivity contribution is 6.21. The van der Waals surface area contributed by atoms with Crippen molar-refractivity contribution in [3.8, 4) is 0 Å². The predicted octanol–water partition coefficient (Wildman–Crippen LogP) is 3.64. The third-order valence-corrected chi connectivity index (χ3v) is 7.49. The SMILES string of the molecule is CC1CCC(N/C(=N/C2NNC(C(F)(F)F)C2C)NC(=O)C2CCCC(Cl)C2)C(Cl)C1. The summed E-state index contributed by atoms with van der Waals surface area (Å²) in [6, 6.07) is -1.84. The monoisotopic (exact) mass is 485 g/mol. The zero-order valence-corrected chi connectivity index (χ0v) is 19.3. The van der Waals surface area contributed by atoms with E-state index >= 15 is 0 Å². The van der Waals surface area contributed by atoms with Gasteiger partial charge in [-0.1, -0.05) is 20.3 Å². The second-order valence-electron chi connectivity index (χ2n) is 9.22. The molecule has 0 aromatic heterocycles. The van der Waals surface area contributed by atoms with Crippen molar-refractivity contribution in [2.45, 2.75) is 94.0 Å². The molecule has 1 saturated heterocycles. The van der Waals surface area contributed by atoms with Crippen LogP contribution in [0, 0.1) is 17.8 Å². The van der Waals surface area contributed by atoms with Crippen LogP contribution in [-0.2, 0) is 4.79 Å². The first-order valence-electron chi connectivity index (χ1n) is 11.1. The zero-order valence-electron chi connectivity index (χ0n) is 17.8. The fourth-order valence-corrected chi connectivity index (χ4v) is 5.49. The third-order valence-electron chi connectivity index (χ3n) is 6.61. The standard InChI is InChI=1S/C20H32Cl2F3N5O/c1-10-6-7-15(14(22)8-10)26-19(28-18(31)12-4-3-5-13(21)9-12)27-17-11(2)16(29-30-17)20(23,24)25/h10-17,29-30H,3-9H2,1-2H3,(H2,26,27,28,31). The summed E-state index contributed by atoms with van der Waals surface area (Å²) in [6.07, 6.45) is 0.424. The van der Waals surface area contributed by atoms with Crippen molar-refractivity contribution in [1.29, 1.82) is 0 Å². The lowest BCUT2D eigenvalue weighted by Crippen LogP contribution is -2.53. The summed E-state index contributed by atoms with van der Waals surface area (Å²) in [5, 5.41) is 5.84. The van der Waals surface area contributed by atoms with E-state index in [0.29, 0.717) is 12.3 Å². The maximum absolute atomic E-state index is 13.2. The third kappa shape index (κ3) is 6.62. The van der Waals surface area contributed by atoms with Gasteiger partial charge in [-0.05, 0) is 44.4 Å². The van der Waals surface area contributed by atoms with Gasteiger partial charge in [-0.15, -0.1) is 23.2 Å². The van der Waals surface area contributed by atoms with Gasteiger partial charge in [0, 0.05) is 23.3 Å². The Morgan fingerprint density at radius 1 is 1.06 bits per heavy atom. The number of rotatable bonds is 3. The summed E-state index contributed by atoms with van der Waals surface area (Å²) in [5.41, 5.74) is 4.88. The summed E-state index contributed by atoms with van der Waals surface area (Å²) in [4.78, 5) is 17.3. The zero-order chi connectivity index (χ0) is 22.8. The van der Waals surface area contributed by atoms with Gasteiger partial charge in [0.15, 0.2) is 5.96 Å². The first kappa shape index (κ1) is 24.9. The number of nitrogens with one attached hydrogen (secondary N) is 4. The molecule has 0 spiro atoms. The number of nitrogens with zero attached hydrogens (tertiary/aromatic N) is 1. The Labute approximate surface area is 191 Å². The Morgan fingerprint density at radius 3 is 2.42 bits per heavy atom. The van der Waals surface area contributed by atoms with E-state index in [4.69, 9.17) is 23.2 Å². The molecular weight excluding hydrogens is 454 g/mol. The molecule has 3 rings (SSSR count). The first-order chi connectivity index (χ1) is 14.5. The minimum absolute atomic E-state index is 0.0434. The predicted molar refractivity (Wildman–Crippen MR) is 116 cm³/mol. The molecule has 1 heterocycles. The van der Waals surface area contributed by atoms with Crippen LogP contribution in [0.4, 0.5) is 13.2 Å². The van der Waals surface area contributed by atoms with Crippen LogP contribution in [0.5, 0.6) is 0 Å². The van der Waals surface area contributed by atoms with E-state index in [1.807, 2.05) is 0 Å². The minimum atomic E-state index is -4.40. The number of carbonyl (C=O) groups excluding carboxylic acids is 1. The van der Waals surface area contributed by atoms with Crippen LogP contribution in [-0.4, -0.2) is 47.0 Å². The number of aliphatic imine (C=N–C) groups is 1. The van der Waals surface area contributed by atoms with Crippen LogP contribution in [0.3, 0.4) is 0 Å². The summed E-state index contributed by atoms with van der Waals surface area (Å²) in [7, 11) is 0. The summed E-state index contributed by atoms with van der Waals surface area (Å²) in [5.74, 6) is -0.629. The summed E-state index contributed by atoms with van der Waals surface area (Å²) in [6.45, 7) is 3.62. The van der Waals surface area contributed by atoms with Crippen LogP contribution in [0.2, 0.25) is 0 Å². The molecule has 0 radical (unpaired) electrons. The molecule has 11 heteroatoms. The summed E-state index contributed by atoms with van der Waals surface area (Å²) < 4.78 is 39.6. The summed E-state index contributed by atoms with van der Waals surface area (Å²) >= 11 is 12.8. The number of guanidine groups is 1. The highest BCUT2D eigenvalue weighted by Crippen LogP contribution is 2.31. The molecule has 178 valence electrons. The molecular formula is C20H32Cl2F3N5O. The van der Waals surface area contributed by atoms with E-state index in [2.05, 4.69) is 33.4 Å². The second kappa shape index (κ2) is 10.4. The van der Waals surface area contributed by atoms with Gasteiger partial charge in [-0.2, -0.15) is 13.2 Å². The van der Waals surface area contributed by atoms with Gasteiger partial charge in [0.1, 0.15) is 12.2 Å². The maximum Gasteiger partial charge on any atom is 0.405 e. The molecule has 0 aromatic carbocycles. The van der Waals surface area contributed by atoms with Crippen LogP contribution in [0.25, 0.3) is 0 Å². The largest absolute Gasteiger partial charge is 0.405 e. The Morgan fingerprint density at radius 2 is 1.81 bits per heavy atom. The number of alkyl halides is 5. The van der Waals surface area contributed by atoms with Crippen molar-refractivity contribution in [2.24, 2.45) is 22.7 Å². The van der Waals surface area contributed by atoms with Crippen LogP contribution < -0.4 is 21.5 Å². The van der Waals surface area contributed by atoms with Gasteiger partial charge in [-0.25, -0.2) is 15.8 Å². The van der Waals surface area contributed by atoms with Crippen molar-refractivity contribution < 1.29 is 18.0 Å². The van der Waals surface area contributed by atoms with E-state index in [1.54, 1.807) is 0 Å². The second-order valence-corrected chi connectivity index (χ2v) is 10.4. The average Bonchev–Trinajstić information content (AvgIpc) is 3.04. The highest BCUT2D eigenvalue weighted by atomic mass is 35.5. The topological polar surface area (TPSA) is 77.6 Å². The number of halogens is 5. The molecule has 1 amide bonds. The van der Waals surface area contributed by atoms with Crippen molar-refractivity contribution in [1.82, 2.24) is 21.5 Å². The molecule has 3 aliphatic rings. The number of amides is 1. The molecule has 0 bridgehead atoms. The smallest absolute Gasteiger partial charge is 0.352 e. The van der Waals surface area contributed by atoms with Crippen molar-refractivity contribution in [3.05, 3.63) is 0 Å². The normalized spacial score (nSPS) is 39.9. The van der Waals surface area contributed by atoms with Gasteiger partial charge in [0.25, 0.3) is 0 Å². The molecule has 0 aromatic rings. The van der Waals surface area contributed by atoms with E-state index < -0.39 is 24.3 Å². The van der Waals surface area contributed by atoms with Crippen molar-refractivity contribution >= 4 is 35.1 Å². The number of carbonyl (C=O) groups is 1. The van der Waals surface area contributed by atoms with Crippen molar-refractivity contribution in [2.75, 3.05) is 0 Å². The number of hydrogen-bond donors (Lipinski definition) is 4. The molecule has 8 atom stereocenters. The lowest BCUT2D eigenvalue weighted by atomic mass is 9.87. The lowest BCUT2D eigenvalue weighted by molar-refractivity contribution is -0.160. The first-order valence-corrected chi connectivity index (χ1v) is 11.9. The minimum Gasteiger partial charge on any atom is -0.352 e. The molecule has 2 saturated carbocycles. The van der Waals surface area contributed by atoms with Crippen LogP contribution in [0.1, 0.15) is 58.8 Å². The number of hydrogen-bond acceptors (Lipinski definition) is 4. The molecule has 3 fully saturated rings. The fraction of sp³-hybridized carbons (Fsp3) is 0.900. The molecule has 31 heavy (non-hydrogen) atoms. The van der Waals surface area contributed by atoms with E-state index in [9.17, 15) is 18.0 Å². The van der Waals surface area contributed by atoms with E-state index in [-0.39, 0.29) is 34.6 Å². The Bertz CT molecular complexity index is 665. The molecule has 6 nitrogen and oxygen atoms in total. The Balaban J connectivity index is 1.74. The van der Waals surface area contributed by atoms with Gasteiger partial charge in [-0.3, -0.25) is 10.1 Å². The average molecular weight is 486 g/mol. The Kier molecular flexibility index (Phi) is 8.38. The number of hydrazine groups is 1. The van der Waals surface area contributed by atoms with Gasteiger partial charge >= 0.3 is 6.18 Å². The van der Waals surface area contributed by atoms with Gasteiger partial charge < -0.3 is 5.32 Å². The van der Waals surface area contributed by atoms with Crippen LogP contribution >= 0.6 is 23.2 Å². The van der Waals surface area contributed by atoms with Crippen LogP contribution in [0.15, 0.2) is 4.99 Å². The van der Waals surface area contributed by atoms with Gasteiger partial charge in [0.05, 0.1) is 5.38 Å².